The van der Waals surface area contributed by atoms with Gasteiger partial charge in [0.15, 0.2) is 0 Å². The number of methoxy groups -OCH3 is 1. The minimum absolute atomic E-state index is 0.0818. The van der Waals surface area contributed by atoms with Crippen LogP contribution in [0.3, 0.4) is 0 Å². The number of aliphatic hydroxyl groups excluding tert-OH is 1. The molecule has 3 heterocycles. The van der Waals surface area contributed by atoms with Crippen molar-refractivity contribution in [3.05, 3.63) is 57.8 Å². The Morgan fingerprint density at radius 3 is 2.68 bits per heavy atom. The molecule has 1 aromatic heterocycles. The van der Waals surface area contributed by atoms with Crippen LogP contribution in [0.5, 0.6) is 5.75 Å². The molecule has 2 aliphatic rings. The number of carbonyl (C=O) groups is 2. The number of aliphatic hydroxyl groups is 1. The van der Waals surface area contributed by atoms with Crippen molar-refractivity contribution in [2.24, 2.45) is 0 Å². The van der Waals surface area contributed by atoms with E-state index in [0.717, 1.165) is 17.7 Å². The Morgan fingerprint density at radius 1 is 1.29 bits per heavy atom. The molecule has 2 aliphatic heterocycles. The predicted molar refractivity (Wildman–Crippen MR) is 105 cm³/mol. The normalized spacial score (nSPS) is 24.1. The zero-order valence-corrected chi connectivity index (χ0v) is 16.3. The second-order valence-corrected chi connectivity index (χ2v) is 7.81. The van der Waals surface area contributed by atoms with Gasteiger partial charge < -0.3 is 19.5 Å². The largest absolute Gasteiger partial charge is 0.507 e. The molecule has 6 nitrogen and oxygen atoms in total. The van der Waals surface area contributed by atoms with E-state index in [1.54, 1.807) is 36.3 Å². The summed E-state index contributed by atoms with van der Waals surface area (Å²) in [4.78, 5) is 28.0. The second-order valence-electron chi connectivity index (χ2n) is 6.83. The average molecular weight is 399 g/mol. The summed E-state index contributed by atoms with van der Waals surface area (Å²) in [6.07, 6.45) is 1.73. The fourth-order valence-corrected chi connectivity index (χ4v) is 4.57. The van der Waals surface area contributed by atoms with Crippen molar-refractivity contribution < 1.29 is 24.2 Å². The number of ketones is 1. The lowest BCUT2D eigenvalue weighted by Crippen LogP contribution is -2.36. The smallest absolute Gasteiger partial charge is 0.295 e. The average Bonchev–Trinajstić information content (AvgIpc) is 3.46. The first-order valence-electron chi connectivity index (χ1n) is 9.18. The molecule has 0 saturated carbocycles. The molecule has 0 aliphatic carbocycles. The highest BCUT2D eigenvalue weighted by atomic mass is 32.1. The van der Waals surface area contributed by atoms with Crippen LogP contribution in [0.4, 0.5) is 0 Å². The zero-order valence-electron chi connectivity index (χ0n) is 15.5. The van der Waals surface area contributed by atoms with E-state index in [0.29, 0.717) is 24.5 Å². The number of likely N-dealkylation sites (tertiary alicyclic amines) is 1. The van der Waals surface area contributed by atoms with Crippen LogP contribution in [0, 0.1) is 0 Å². The third-order valence-corrected chi connectivity index (χ3v) is 6.07. The molecular formula is C21H21NO5S. The number of benzene rings is 1. The Bertz CT molecular complexity index is 897. The van der Waals surface area contributed by atoms with E-state index in [1.165, 1.54) is 11.3 Å². The fourth-order valence-electron chi connectivity index (χ4n) is 3.72. The van der Waals surface area contributed by atoms with Crippen molar-refractivity contribution in [1.82, 2.24) is 4.90 Å². The van der Waals surface area contributed by atoms with E-state index in [4.69, 9.17) is 9.47 Å². The van der Waals surface area contributed by atoms with Crippen LogP contribution in [0.1, 0.15) is 29.3 Å². The summed E-state index contributed by atoms with van der Waals surface area (Å²) in [5, 5.41) is 12.8. The first-order chi connectivity index (χ1) is 13.6. The SMILES string of the molecule is COc1ccc(/C(O)=C2\C(=O)C(=O)N(C[C@@H]3CCCO3)[C@@H]2c2cccs2)cc1. The van der Waals surface area contributed by atoms with E-state index in [-0.39, 0.29) is 17.4 Å². The van der Waals surface area contributed by atoms with Crippen LogP contribution in [0.15, 0.2) is 47.4 Å². The Kier molecular flexibility index (Phi) is 5.19. The number of carbonyl (C=O) groups excluding carboxylic acids is 2. The van der Waals surface area contributed by atoms with Crippen LogP contribution < -0.4 is 4.74 Å². The second kappa shape index (κ2) is 7.77. The maximum absolute atomic E-state index is 12.9. The minimum Gasteiger partial charge on any atom is -0.507 e. The molecule has 146 valence electrons. The van der Waals surface area contributed by atoms with Crippen LogP contribution in [0.2, 0.25) is 0 Å². The topological polar surface area (TPSA) is 76.1 Å². The van der Waals surface area contributed by atoms with Crippen molar-refractivity contribution in [2.75, 3.05) is 20.3 Å². The Labute approximate surface area is 167 Å². The molecule has 0 spiro atoms. The number of Topliss-reactive ketones (excluding diaryl/α,β-unsaturated/α-hetero) is 1. The summed E-state index contributed by atoms with van der Waals surface area (Å²) in [5.41, 5.74) is 0.591. The highest BCUT2D eigenvalue weighted by Gasteiger charge is 2.47. The number of hydrogen-bond acceptors (Lipinski definition) is 6. The van der Waals surface area contributed by atoms with Crippen molar-refractivity contribution in [1.29, 1.82) is 0 Å². The summed E-state index contributed by atoms with van der Waals surface area (Å²) in [6, 6.07) is 9.91. The highest BCUT2D eigenvalue weighted by Crippen LogP contribution is 2.41. The molecule has 2 aromatic rings. The Morgan fingerprint density at radius 2 is 2.07 bits per heavy atom. The van der Waals surface area contributed by atoms with Gasteiger partial charge in [-0.2, -0.15) is 0 Å². The summed E-state index contributed by atoms with van der Waals surface area (Å²) in [7, 11) is 1.56. The van der Waals surface area contributed by atoms with Gasteiger partial charge in [-0.1, -0.05) is 6.07 Å². The van der Waals surface area contributed by atoms with Gasteiger partial charge in [0.2, 0.25) is 0 Å². The summed E-state index contributed by atoms with van der Waals surface area (Å²) in [6.45, 7) is 1.01. The predicted octanol–water partition coefficient (Wildman–Crippen LogP) is 3.36. The molecule has 0 radical (unpaired) electrons. The van der Waals surface area contributed by atoms with E-state index in [9.17, 15) is 14.7 Å². The van der Waals surface area contributed by atoms with Crippen LogP contribution >= 0.6 is 11.3 Å². The number of nitrogens with zero attached hydrogens (tertiary/aromatic N) is 1. The van der Waals surface area contributed by atoms with E-state index < -0.39 is 17.7 Å². The standard InChI is InChI=1S/C21H21NO5S/c1-26-14-8-6-13(7-9-14)19(23)17-18(16-5-3-11-28-16)22(21(25)20(17)24)12-15-4-2-10-27-15/h3,5-9,11,15,18,23H,2,4,10,12H2,1H3/b19-17+/t15-,18+/m0/s1. The molecule has 4 rings (SSSR count). The molecule has 7 heteroatoms. The number of hydrogen-bond donors (Lipinski definition) is 1. The molecule has 2 saturated heterocycles. The van der Waals surface area contributed by atoms with Gasteiger partial charge in [0.05, 0.1) is 24.8 Å². The monoisotopic (exact) mass is 399 g/mol. The molecular weight excluding hydrogens is 378 g/mol. The molecule has 1 amide bonds. The number of amides is 1. The lowest BCUT2D eigenvalue weighted by molar-refractivity contribution is -0.140. The summed E-state index contributed by atoms with van der Waals surface area (Å²) < 4.78 is 10.8. The molecule has 2 atom stereocenters. The molecule has 1 aromatic carbocycles. The molecule has 0 unspecified atom stereocenters. The molecule has 28 heavy (non-hydrogen) atoms. The summed E-state index contributed by atoms with van der Waals surface area (Å²) in [5.74, 6) is -0.784. The maximum atomic E-state index is 12.9. The lowest BCUT2D eigenvalue weighted by atomic mass is 9.99. The van der Waals surface area contributed by atoms with Crippen LogP contribution in [-0.2, 0) is 14.3 Å². The zero-order chi connectivity index (χ0) is 19.7. The Balaban J connectivity index is 1.76. The van der Waals surface area contributed by atoms with Crippen molar-refractivity contribution in [2.45, 2.75) is 25.0 Å². The third-order valence-electron chi connectivity index (χ3n) is 5.14. The summed E-state index contributed by atoms with van der Waals surface area (Å²) >= 11 is 1.46. The van der Waals surface area contributed by atoms with Crippen LogP contribution in [0.25, 0.3) is 5.76 Å². The number of rotatable bonds is 5. The fraction of sp³-hybridized carbons (Fsp3) is 0.333. The van der Waals surface area contributed by atoms with Crippen molar-refractivity contribution >= 4 is 28.8 Å². The van der Waals surface area contributed by atoms with Gasteiger partial charge >= 0.3 is 0 Å². The minimum atomic E-state index is -0.662. The number of ether oxygens (including phenoxy) is 2. The van der Waals surface area contributed by atoms with E-state index >= 15 is 0 Å². The molecule has 1 N–H and O–H groups in total. The third kappa shape index (κ3) is 3.31. The van der Waals surface area contributed by atoms with Gasteiger partial charge in [0.1, 0.15) is 11.5 Å². The first kappa shape index (κ1) is 18.7. The quantitative estimate of drug-likeness (QED) is 0.474. The van der Waals surface area contributed by atoms with Gasteiger partial charge in [0, 0.05) is 23.6 Å². The molecule has 0 bridgehead atoms. The lowest BCUT2D eigenvalue weighted by Gasteiger charge is -2.26. The van der Waals surface area contributed by atoms with E-state index in [2.05, 4.69) is 0 Å². The van der Waals surface area contributed by atoms with E-state index in [1.807, 2.05) is 17.5 Å². The first-order valence-corrected chi connectivity index (χ1v) is 10.1. The Hall–Kier alpha value is -2.64. The van der Waals surface area contributed by atoms with Crippen molar-refractivity contribution in [3.8, 4) is 5.75 Å². The number of thiophene rings is 1. The van der Waals surface area contributed by atoms with Gasteiger partial charge in [-0.15, -0.1) is 11.3 Å². The van der Waals surface area contributed by atoms with Gasteiger partial charge in [-0.05, 0) is 48.6 Å². The van der Waals surface area contributed by atoms with Gasteiger partial charge in [-0.3, -0.25) is 9.59 Å². The highest BCUT2D eigenvalue weighted by molar-refractivity contribution is 7.10. The van der Waals surface area contributed by atoms with Crippen molar-refractivity contribution in [3.63, 3.8) is 0 Å². The van der Waals surface area contributed by atoms with Crippen LogP contribution in [-0.4, -0.2) is 48.1 Å². The van der Waals surface area contributed by atoms with Gasteiger partial charge in [0.25, 0.3) is 11.7 Å². The maximum Gasteiger partial charge on any atom is 0.295 e. The molecule has 2 fully saturated rings. The van der Waals surface area contributed by atoms with Gasteiger partial charge in [-0.25, -0.2) is 0 Å².